The Bertz CT molecular complexity index is 1670. The number of allylic oxidation sites excluding steroid dienone is 20. The van der Waals surface area contributed by atoms with E-state index in [-0.39, 0.29) is 31.1 Å². The van der Waals surface area contributed by atoms with E-state index in [4.69, 9.17) is 14.2 Å². The molecule has 0 radical (unpaired) electrons. The Morgan fingerprint density at radius 1 is 0.259 bits per heavy atom. The van der Waals surface area contributed by atoms with Crippen molar-refractivity contribution in [2.24, 2.45) is 0 Å². The Labute approximate surface area is 501 Å². The number of rotatable bonds is 61. The summed E-state index contributed by atoms with van der Waals surface area (Å²) in [5.74, 6) is -0.912. The fraction of sp³-hybridized carbons (Fsp3) is 0.693. The second-order valence-corrected chi connectivity index (χ2v) is 22.4. The largest absolute Gasteiger partial charge is 0.462 e. The van der Waals surface area contributed by atoms with Crippen LogP contribution in [0, 0.1) is 0 Å². The van der Waals surface area contributed by atoms with Gasteiger partial charge in [-0.1, -0.05) is 303 Å². The van der Waals surface area contributed by atoms with E-state index in [1.165, 1.54) is 141 Å². The van der Waals surface area contributed by atoms with Gasteiger partial charge in [-0.2, -0.15) is 0 Å². The van der Waals surface area contributed by atoms with Gasteiger partial charge in [0.2, 0.25) is 0 Å². The van der Waals surface area contributed by atoms with E-state index in [9.17, 15) is 14.4 Å². The molecule has 6 heteroatoms. The van der Waals surface area contributed by atoms with Gasteiger partial charge in [-0.3, -0.25) is 14.4 Å². The van der Waals surface area contributed by atoms with Gasteiger partial charge in [0.15, 0.2) is 6.10 Å². The lowest BCUT2D eigenvalue weighted by molar-refractivity contribution is -0.167. The fourth-order valence-electron chi connectivity index (χ4n) is 9.37. The van der Waals surface area contributed by atoms with Crippen molar-refractivity contribution in [3.8, 4) is 0 Å². The molecule has 0 bridgehead atoms. The van der Waals surface area contributed by atoms with Gasteiger partial charge in [-0.05, 0) is 116 Å². The van der Waals surface area contributed by atoms with Crippen LogP contribution in [-0.2, 0) is 28.6 Å². The van der Waals surface area contributed by atoms with E-state index in [0.717, 1.165) is 135 Å². The topological polar surface area (TPSA) is 78.9 Å². The van der Waals surface area contributed by atoms with E-state index < -0.39 is 6.10 Å². The molecule has 0 aromatic heterocycles. The summed E-state index contributed by atoms with van der Waals surface area (Å²) in [6.45, 7) is 6.51. The van der Waals surface area contributed by atoms with Crippen molar-refractivity contribution in [2.45, 2.75) is 322 Å². The number of carbonyl (C=O) groups excluding carboxylic acids is 3. The summed E-state index contributed by atoms with van der Waals surface area (Å²) in [4.78, 5) is 38.4. The quantitative estimate of drug-likeness (QED) is 0.0261. The highest BCUT2D eigenvalue weighted by Crippen LogP contribution is 2.16. The molecule has 462 valence electrons. The van der Waals surface area contributed by atoms with E-state index >= 15 is 0 Å². The molecule has 0 aliphatic rings. The molecule has 0 aromatic rings. The van der Waals surface area contributed by atoms with Crippen LogP contribution in [-0.4, -0.2) is 37.2 Å². The summed E-state index contributed by atoms with van der Waals surface area (Å²) in [5.41, 5.74) is 0. The van der Waals surface area contributed by atoms with Crippen LogP contribution in [0.1, 0.15) is 316 Å². The van der Waals surface area contributed by atoms with Crippen molar-refractivity contribution in [3.63, 3.8) is 0 Å². The second-order valence-electron chi connectivity index (χ2n) is 22.4. The SMILES string of the molecule is CC/C=C\C/C=C\C/C=C\C/C=C\C/C=C\C/C=C\C/C=C\C/C=C\CCCCCCC(=O)OCC(COC(=O)CCCCCCCCCCCCCCCCCC)OC(=O)CCCCCCCCC/C=C\C/C=C\CCCCCC. The van der Waals surface area contributed by atoms with Crippen molar-refractivity contribution in [2.75, 3.05) is 13.2 Å². The Hall–Kier alpha value is -4.19. The van der Waals surface area contributed by atoms with Gasteiger partial charge in [-0.15, -0.1) is 0 Å². The first kappa shape index (κ1) is 76.8. The molecular weight excluding hydrogens is 997 g/mol. The summed E-state index contributed by atoms with van der Waals surface area (Å²) in [7, 11) is 0. The lowest BCUT2D eigenvalue weighted by Crippen LogP contribution is -2.30. The molecule has 6 nitrogen and oxygen atoms in total. The third-order valence-electron chi connectivity index (χ3n) is 14.5. The monoisotopic (exact) mass is 1120 g/mol. The highest BCUT2D eigenvalue weighted by Gasteiger charge is 2.19. The molecule has 0 saturated heterocycles. The van der Waals surface area contributed by atoms with E-state index in [0.29, 0.717) is 19.3 Å². The third kappa shape index (κ3) is 66.5. The van der Waals surface area contributed by atoms with Gasteiger partial charge in [0.1, 0.15) is 13.2 Å². The minimum Gasteiger partial charge on any atom is -0.462 e. The fourth-order valence-corrected chi connectivity index (χ4v) is 9.37. The maximum absolute atomic E-state index is 12.9. The summed E-state index contributed by atoms with van der Waals surface area (Å²) >= 11 is 0. The van der Waals surface area contributed by atoms with Crippen molar-refractivity contribution < 1.29 is 28.6 Å². The smallest absolute Gasteiger partial charge is 0.306 e. The molecule has 0 heterocycles. The lowest BCUT2D eigenvalue weighted by Gasteiger charge is -2.18. The Balaban J connectivity index is 4.41. The minimum atomic E-state index is -0.796. The summed E-state index contributed by atoms with van der Waals surface area (Å²) in [6.07, 6.45) is 94.9. The van der Waals surface area contributed by atoms with Gasteiger partial charge >= 0.3 is 17.9 Å². The van der Waals surface area contributed by atoms with Crippen LogP contribution in [0.25, 0.3) is 0 Å². The second kappa shape index (κ2) is 68.3. The zero-order valence-corrected chi connectivity index (χ0v) is 53.0. The van der Waals surface area contributed by atoms with Gasteiger partial charge in [0.05, 0.1) is 0 Å². The van der Waals surface area contributed by atoms with Crippen LogP contribution in [0.4, 0.5) is 0 Å². The summed E-state index contributed by atoms with van der Waals surface area (Å²) in [6, 6.07) is 0. The number of hydrogen-bond acceptors (Lipinski definition) is 6. The van der Waals surface area contributed by atoms with Gasteiger partial charge in [0, 0.05) is 19.3 Å². The van der Waals surface area contributed by atoms with E-state index in [1.54, 1.807) is 0 Å². The van der Waals surface area contributed by atoms with Crippen LogP contribution >= 0.6 is 0 Å². The minimum absolute atomic E-state index is 0.0888. The average Bonchev–Trinajstić information content (AvgIpc) is 3.47. The van der Waals surface area contributed by atoms with Crippen molar-refractivity contribution in [1.82, 2.24) is 0 Å². The molecule has 0 rings (SSSR count). The number of hydrogen-bond donors (Lipinski definition) is 0. The first-order valence-electron chi connectivity index (χ1n) is 34.0. The number of ether oxygens (including phenoxy) is 3. The van der Waals surface area contributed by atoms with Crippen molar-refractivity contribution >= 4 is 17.9 Å². The van der Waals surface area contributed by atoms with Gasteiger partial charge in [-0.25, -0.2) is 0 Å². The molecular formula is C75H126O6. The van der Waals surface area contributed by atoms with E-state index in [1.807, 2.05) is 0 Å². The van der Waals surface area contributed by atoms with Crippen molar-refractivity contribution in [3.05, 3.63) is 122 Å². The third-order valence-corrected chi connectivity index (χ3v) is 14.5. The lowest BCUT2D eigenvalue weighted by atomic mass is 10.0. The molecule has 0 N–H and O–H groups in total. The molecule has 0 spiro atoms. The van der Waals surface area contributed by atoms with Crippen molar-refractivity contribution in [1.29, 1.82) is 0 Å². The molecule has 1 unspecified atom stereocenters. The highest BCUT2D eigenvalue weighted by atomic mass is 16.6. The van der Waals surface area contributed by atoms with Crippen LogP contribution < -0.4 is 0 Å². The first-order chi connectivity index (χ1) is 40.0. The number of esters is 3. The predicted molar refractivity (Wildman–Crippen MR) is 353 cm³/mol. The Morgan fingerprint density at radius 3 is 0.765 bits per heavy atom. The van der Waals surface area contributed by atoms with Gasteiger partial charge in [0.25, 0.3) is 0 Å². The predicted octanol–water partition coefficient (Wildman–Crippen LogP) is 23.6. The Morgan fingerprint density at radius 2 is 0.481 bits per heavy atom. The van der Waals surface area contributed by atoms with Gasteiger partial charge < -0.3 is 14.2 Å². The molecule has 0 saturated carbocycles. The standard InChI is InChI=1S/C75H126O6/c1-4-7-10-13-16-19-22-25-28-31-33-34-35-36-37-38-39-40-41-42-43-45-47-50-53-56-59-62-65-68-74(77)80-71-72(70-79-73(76)67-64-61-58-55-52-49-46-30-27-24-21-18-15-12-9-6-3)81-75(78)69-66-63-60-57-54-51-48-44-32-29-26-23-20-17-14-11-8-5-2/h7,10,16,19-20,23,25,28-29,32-34,36-37,39-40,42-43,47,50,72H,4-6,8-9,11-15,17-18,21-22,24,26-27,30-31,35,38,41,44-46,48-49,51-71H2,1-3H3/b10-7-,19-16-,23-20-,28-25-,32-29-,34-33-,37-36-,40-39-,43-42-,50-47-. The molecule has 1 atom stereocenters. The molecule has 81 heavy (non-hydrogen) atoms. The van der Waals surface area contributed by atoms with Crippen LogP contribution in [0.15, 0.2) is 122 Å². The summed E-state index contributed by atoms with van der Waals surface area (Å²) in [5, 5.41) is 0. The number of unbranched alkanes of at least 4 members (excludes halogenated alkanes) is 30. The highest BCUT2D eigenvalue weighted by molar-refractivity contribution is 5.71. The zero-order valence-electron chi connectivity index (χ0n) is 53.0. The number of carbonyl (C=O) groups is 3. The molecule has 0 aliphatic carbocycles. The van der Waals surface area contributed by atoms with Crippen LogP contribution in [0.3, 0.4) is 0 Å². The zero-order chi connectivity index (χ0) is 58.5. The molecule has 0 amide bonds. The normalized spacial score (nSPS) is 12.9. The average molecular weight is 1120 g/mol. The maximum Gasteiger partial charge on any atom is 0.306 e. The molecule has 0 fully saturated rings. The first-order valence-corrected chi connectivity index (χ1v) is 34.0. The Kier molecular flexibility index (Phi) is 64.8. The van der Waals surface area contributed by atoms with Crippen LogP contribution in [0.2, 0.25) is 0 Å². The van der Waals surface area contributed by atoms with E-state index in [2.05, 4.69) is 142 Å². The summed E-state index contributed by atoms with van der Waals surface area (Å²) < 4.78 is 16.9. The maximum atomic E-state index is 12.9. The molecule has 0 aliphatic heterocycles. The van der Waals surface area contributed by atoms with Crippen LogP contribution in [0.5, 0.6) is 0 Å². The molecule has 0 aromatic carbocycles.